The van der Waals surface area contributed by atoms with E-state index in [9.17, 15) is 0 Å². The smallest absolute Gasteiger partial charge is 0.0547 e. The Morgan fingerprint density at radius 2 is 1.04 bits per heavy atom. The van der Waals surface area contributed by atoms with Crippen LogP contribution in [0.4, 0.5) is 0 Å². The van der Waals surface area contributed by atoms with Crippen molar-refractivity contribution in [1.29, 1.82) is 0 Å². The summed E-state index contributed by atoms with van der Waals surface area (Å²) < 4.78 is 2.49. The van der Waals surface area contributed by atoms with E-state index in [4.69, 9.17) is 0 Å². The van der Waals surface area contributed by atoms with Gasteiger partial charge in [0.05, 0.1) is 16.7 Å². The molecule has 10 aromatic rings. The minimum absolute atomic E-state index is 0.155. The summed E-state index contributed by atoms with van der Waals surface area (Å²) in [6.07, 6.45) is 3.74. The molecular formula is C52H36N2. The van der Waals surface area contributed by atoms with Crippen molar-refractivity contribution >= 4 is 43.4 Å². The van der Waals surface area contributed by atoms with Crippen LogP contribution in [0.1, 0.15) is 25.0 Å². The first-order valence-electron chi connectivity index (χ1n) is 18.8. The first kappa shape index (κ1) is 30.8. The second-order valence-electron chi connectivity index (χ2n) is 15.2. The maximum absolute atomic E-state index is 4.30. The highest BCUT2D eigenvalue weighted by Gasteiger charge is 2.36. The third-order valence-corrected chi connectivity index (χ3v) is 11.9. The lowest BCUT2D eigenvalue weighted by Crippen LogP contribution is -2.15. The fourth-order valence-electron chi connectivity index (χ4n) is 9.21. The molecule has 11 rings (SSSR count). The normalized spacial score (nSPS) is 13.1. The predicted molar refractivity (Wildman–Crippen MR) is 227 cm³/mol. The molecule has 0 fully saturated rings. The molecule has 2 nitrogen and oxygen atoms in total. The Kier molecular flexibility index (Phi) is 6.63. The van der Waals surface area contributed by atoms with Gasteiger partial charge in [-0.15, -0.1) is 0 Å². The lowest BCUT2D eigenvalue weighted by Gasteiger charge is -2.23. The lowest BCUT2D eigenvalue weighted by atomic mass is 9.80. The highest BCUT2D eigenvalue weighted by atomic mass is 15.0. The molecular weight excluding hydrogens is 653 g/mol. The van der Waals surface area contributed by atoms with Crippen molar-refractivity contribution in [2.24, 2.45) is 0 Å². The van der Waals surface area contributed by atoms with Crippen molar-refractivity contribution in [3.8, 4) is 50.2 Å². The van der Waals surface area contributed by atoms with Gasteiger partial charge in [-0.3, -0.25) is 4.98 Å². The van der Waals surface area contributed by atoms with Gasteiger partial charge in [-0.1, -0.05) is 147 Å². The maximum Gasteiger partial charge on any atom is 0.0547 e. The fourth-order valence-corrected chi connectivity index (χ4v) is 9.21. The van der Waals surface area contributed by atoms with Gasteiger partial charge in [-0.25, -0.2) is 0 Å². The molecule has 0 spiro atoms. The van der Waals surface area contributed by atoms with Gasteiger partial charge in [-0.05, 0) is 108 Å². The Labute approximate surface area is 314 Å². The van der Waals surface area contributed by atoms with E-state index in [1.165, 1.54) is 99.1 Å². The standard InChI is InChI=1S/C52H36N2/c1-52(2)46-29-35(33-20-22-34(23-21-33)38-12-10-28-53-32-38)24-26-42(46)43-27-25-37(30-47(43)52)40-17-9-19-49-51(40)45-16-7-8-18-48(45)54(49)50-31-36-11-3-4-13-39(36)41-14-5-6-15-44(41)50/h3-32H,1-2H3. The zero-order chi connectivity index (χ0) is 36.0. The monoisotopic (exact) mass is 688 g/mol. The average Bonchev–Trinajstić information content (AvgIpc) is 3.69. The number of hydrogen-bond donors (Lipinski definition) is 0. The Morgan fingerprint density at radius 3 is 1.80 bits per heavy atom. The molecule has 54 heavy (non-hydrogen) atoms. The second-order valence-corrected chi connectivity index (χ2v) is 15.2. The van der Waals surface area contributed by atoms with Crippen molar-refractivity contribution in [3.05, 3.63) is 193 Å². The molecule has 8 aromatic carbocycles. The first-order valence-corrected chi connectivity index (χ1v) is 18.8. The number of aromatic nitrogens is 2. The predicted octanol–water partition coefficient (Wildman–Crippen LogP) is 13.8. The molecule has 2 heteroatoms. The fraction of sp³-hybridized carbons (Fsp3) is 0.0577. The number of benzene rings is 8. The van der Waals surface area contributed by atoms with Crippen LogP contribution in [0.3, 0.4) is 0 Å². The number of pyridine rings is 1. The van der Waals surface area contributed by atoms with Crippen molar-refractivity contribution < 1.29 is 0 Å². The molecule has 0 bridgehead atoms. The van der Waals surface area contributed by atoms with Crippen LogP contribution in [0.5, 0.6) is 0 Å². The van der Waals surface area contributed by atoms with Crippen molar-refractivity contribution in [3.63, 3.8) is 0 Å². The molecule has 1 aliphatic carbocycles. The summed E-state index contributed by atoms with van der Waals surface area (Å²) in [5.41, 5.74) is 16.2. The van der Waals surface area contributed by atoms with E-state index >= 15 is 0 Å². The summed E-state index contributed by atoms with van der Waals surface area (Å²) in [6.45, 7) is 4.77. The summed E-state index contributed by atoms with van der Waals surface area (Å²) >= 11 is 0. The Morgan fingerprint density at radius 1 is 0.426 bits per heavy atom. The molecule has 0 amide bonds. The Hall–Kier alpha value is -6.77. The number of fused-ring (bicyclic) bond motifs is 9. The molecule has 0 aliphatic heterocycles. The van der Waals surface area contributed by atoms with Crippen LogP contribution in [-0.4, -0.2) is 9.55 Å². The average molecular weight is 689 g/mol. The van der Waals surface area contributed by atoms with Crippen molar-refractivity contribution in [2.75, 3.05) is 0 Å². The molecule has 0 saturated heterocycles. The zero-order valence-electron chi connectivity index (χ0n) is 30.2. The minimum Gasteiger partial charge on any atom is -0.309 e. The van der Waals surface area contributed by atoms with Gasteiger partial charge < -0.3 is 4.57 Å². The molecule has 2 heterocycles. The van der Waals surface area contributed by atoms with Gasteiger partial charge in [0.2, 0.25) is 0 Å². The van der Waals surface area contributed by atoms with Crippen LogP contribution in [0.15, 0.2) is 182 Å². The number of rotatable bonds is 4. The van der Waals surface area contributed by atoms with Crippen LogP contribution in [0, 0.1) is 0 Å². The van der Waals surface area contributed by atoms with Gasteiger partial charge in [0.15, 0.2) is 0 Å². The summed E-state index contributed by atoms with van der Waals surface area (Å²) in [4.78, 5) is 4.30. The van der Waals surface area contributed by atoms with Crippen molar-refractivity contribution in [1.82, 2.24) is 9.55 Å². The Balaban J connectivity index is 1.05. The number of hydrogen-bond acceptors (Lipinski definition) is 1. The highest BCUT2D eigenvalue weighted by Crippen LogP contribution is 2.51. The molecule has 2 aromatic heterocycles. The first-order chi connectivity index (χ1) is 26.5. The third kappa shape index (κ3) is 4.50. The summed E-state index contributed by atoms with van der Waals surface area (Å²) in [6, 6.07) is 62.8. The van der Waals surface area contributed by atoms with Crippen LogP contribution in [0.25, 0.3) is 93.5 Å². The third-order valence-electron chi connectivity index (χ3n) is 11.9. The quantitative estimate of drug-likeness (QED) is 0.168. The Bertz CT molecular complexity index is 3110. The molecule has 0 unspecified atom stereocenters. The molecule has 254 valence electrons. The second kappa shape index (κ2) is 11.6. The van der Waals surface area contributed by atoms with Crippen LogP contribution in [0.2, 0.25) is 0 Å². The van der Waals surface area contributed by atoms with E-state index < -0.39 is 0 Å². The SMILES string of the molecule is CC1(C)c2cc(-c3ccc(-c4cccnc4)cc3)ccc2-c2ccc(-c3cccc4c3c3ccccc3n4-c3cc4ccccc4c4ccccc34)cc21. The molecule has 0 atom stereocenters. The highest BCUT2D eigenvalue weighted by molar-refractivity contribution is 6.18. The molecule has 0 radical (unpaired) electrons. The van der Waals surface area contributed by atoms with E-state index in [0.717, 1.165) is 5.56 Å². The van der Waals surface area contributed by atoms with Gasteiger partial charge in [0.25, 0.3) is 0 Å². The summed E-state index contributed by atoms with van der Waals surface area (Å²) in [5.74, 6) is 0. The van der Waals surface area contributed by atoms with E-state index in [-0.39, 0.29) is 5.41 Å². The van der Waals surface area contributed by atoms with E-state index in [0.29, 0.717) is 0 Å². The lowest BCUT2D eigenvalue weighted by molar-refractivity contribution is 0.661. The van der Waals surface area contributed by atoms with Crippen LogP contribution >= 0.6 is 0 Å². The minimum atomic E-state index is -0.155. The molecule has 0 saturated carbocycles. The number of para-hydroxylation sites is 1. The van der Waals surface area contributed by atoms with Gasteiger partial charge in [0.1, 0.15) is 0 Å². The zero-order valence-corrected chi connectivity index (χ0v) is 30.2. The van der Waals surface area contributed by atoms with Gasteiger partial charge in [-0.2, -0.15) is 0 Å². The van der Waals surface area contributed by atoms with Crippen LogP contribution < -0.4 is 0 Å². The summed E-state index contributed by atoms with van der Waals surface area (Å²) in [5, 5.41) is 7.62. The van der Waals surface area contributed by atoms with Crippen molar-refractivity contribution in [2.45, 2.75) is 19.3 Å². The molecule has 0 N–H and O–H groups in total. The summed E-state index contributed by atoms with van der Waals surface area (Å²) in [7, 11) is 0. The maximum atomic E-state index is 4.30. The van der Waals surface area contributed by atoms with E-state index in [2.05, 4.69) is 187 Å². The van der Waals surface area contributed by atoms with Crippen LogP contribution in [-0.2, 0) is 5.41 Å². The van der Waals surface area contributed by atoms with Gasteiger partial charge in [0, 0.05) is 34.0 Å². The topological polar surface area (TPSA) is 17.8 Å². The molecule has 1 aliphatic rings. The van der Waals surface area contributed by atoms with Gasteiger partial charge >= 0.3 is 0 Å². The van der Waals surface area contributed by atoms with E-state index in [1.807, 2.05) is 18.5 Å². The largest absolute Gasteiger partial charge is 0.309 e. The number of nitrogens with zero attached hydrogens (tertiary/aromatic N) is 2. The van der Waals surface area contributed by atoms with E-state index in [1.54, 1.807) is 0 Å².